The maximum Gasteiger partial charge on any atom is 0.343 e. The standard InChI is InChI=1S/C18H27N3O4/c1-3-25-18(23)15-10-19-20-16(15)21(14-8-9-24-11-14)17(22)13-6-4-12(2)5-7-13/h10,12-14H,3-9,11H2,1-2H3,(H,19,20)/t12-,13-,14?. The van der Waals surface area contributed by atoms with Crippen molar-refractivity contribution in [1.29, 1.82) is 0 Å². The van der Waals surface area contributed by atoms with Crippen LogP contribution in [0.5, 0.6) is 0 Å². The van der Waals surface area contributed by atoms with E-state index in [0.29, 0.717) is 30.5 Å². The highest BCUT2D eigenvalue weighted by Gasteiger charge is 2.37. The molecule has 1 aromatic rings. The number of nitrogens with zero attached hydrogens (tertiary/aromatic N) is 2. The van der Waals surface area contributed by atoms with E-state index in [0.717, 1.165) is 32.1 Å². The van der Waals surface area contributed by atoms with Crippen LogP contribution in [0, 0.1) is 11.8 Å². The van der Waals surface area contributed by atoms with Gasteiger partial charge >= 0.3 is 5.97 Å². The minimum atomic E-state index is -0.458. The molecule has 1 saturated carbocycles. The molecular formula is C18H27N3O4. The Morgan fingerprint density at radius 1 is 1.32 bits per heavy atom. The molecule has 2 fully saturated rings. The molecule has 1 N–H and O–H groups in total. The molecule has 1 aliphatic heterocycles. The molecular weight excluding hydrogens is 322 g/mol. The second kappa shape index (κ2) is 7.99. The van der Waals surface area contributed by atoms with Gasteiger partial charge in [0.2, 0.25) is 5.91 Å². The molecule has 1 saturated heterocycles. The average molecular weight is 349 g/mol. The Hall–Kier alpha value is -1.89. The molecule has 0 bridgehead atoms. The van der Waals surface area contributed by atoms with E-state index in [4.69, 9.17) is 9.47 Å². The third-order valence-electron chi connectivity index (χ3n) is 5.22. The summed E-state index contributed by atoms with van der Waals surface area (Å²) in [6.07, 6.45) is 6.18. The maximum absolute atomic E-state index is 13.3. The van der Waals surface area contributed by atoms with Crippen molar-refractivity contribution < 1.29 is 19.1 Å². The van der Waals surface area contributed by atoms with Gasteiger partial charge in [0.05, 0.1) is 19.3 Å². The summed E-state index contributed by atoms with van der Waals surface area (Å²) >= 11 is 0. The molecule has 1 unspecified atom stereocenters. The lowest BCUT2D eigenvalue weighted by molar-refractivity contribution is -0.124. The van der Waals surface area contributed by atoms with Gasteiger partial charge in [-0.05, 0) is 44.9 Å². The molecule has 0 radical (unpaired) electrons. The number of hydrogen-bond acceptors (Lipinski definition) is 5. The van der Waals surface area contributed by atoms with E-state index in [1.807, 2.05) is 0 Å². The van der Waals surface area contributed by atoms with Gasteiger partial charge in [-0.3, -0.25) is 14.8 Å². The minimum absolute atomic E-state index is 0.0106. The van der Waals surface area contributed by atoms with Gasteiger partial charge in [0, 0.05) is 18.7 Å². The van der Waals surface area contributed by atoms with Crippen LogP contribution in [-0.2, 0) is 14.3 Å². The number of carbonyl (C=O) groups is 2. The van der Waals surface area contributed by atoms with Gasteiger partial charge in [-0.15, -0.1) is 0 Å². The summed E-state index contributed by atoms with van der Waals surface area (Å²) in [6.45, 7) is 5.37. The zero-order chi connectivity index (χ0) is 17.8. The smallest absolute Gasteiger partial charge is 0.343 e. The van der Waals surface area contributed by atoms with Gasteiger partial charge in [0.1, 0.15) is 5.56 Å². The predicted octanol–water partition coefficient (Wildman–Crippen LogP) is 2.53. The van der Waals surface area contributed by atoms with E-state index in [1.54, 1.807) is 11.8 Å². The van der Waals surface area contributed by atoms with E-state index < -0.39 is 5.97 Å². The first kappa shape index (κ1) is 17.9. The van der Waals surface area contributed by atoms with Gasteiger partial charge in [-0.2, -0.15) is 5.10 Å². The second-order valence-corrected chi connectivity index (χ2v) is 7.03. The molecule has 2 heterocycles. The van der Waals surface area contributed by atoms with Crippen LogP contribution in [0.1, 0.15) is 56.3 Å². The van der Waals surface area contributed by atoms with Crippen molar-refractivity contribution in [3.05, 3.63) is 11.8 Å². The van der Waals surface area contributed by atoms with E-state index in [-0.39, 0.29) is 24.5 Å². The maximum atomic E-state index is 13.3. The van der Waals surface area contributed by atoms with Crippen molar-refractivity contribution in [2.45, 2.75) is 52.0 Å². The van der Waals surface area contributed by atoms with Crippen molar-refractivity contribution in [2.75, 3.05) is 24.7 Å². The summed E-state index contributed by atoms with van der Waals surface area (Å²) in [6, 6.07) is -0.0803. The fourth-order valence-corrected chi connectivity index (χ4v) is 3.71. The Morgan fingerprint density at radius 2 is 2.08 bits per heavy atom. The molecule has 138 valence electrons. The Balaban J connectivity index is 1.87. The highest BCUT2D eigenvalue weighted by atomic mass is 16.5. The predicted molar refractivity (Wildman–Crippen MR) is 92.4 cm³/mol. The fraction of sp³-hybridized carbons (Fsp3) is 0.722. The third-order valence-corrected chi connectivity index (χ3v) is 5.22. The summed E-state index contributed by atoms with van der Waals surface area (Å²) in [4.78, 5) is 27.2. The number of hydrogen-bond donors (Lipinski definition) is 1. The first-order valence-corrected chi connectivity index (χ1v) is 9.23. The highest BCUT2D eigenvalue weighted by Crippen LogP contribution is 2.33. The Morgan fingerprint density at radius 3 is 2.72 bits per heavy atom. The lowest BCUT2D eigenvalue weighted by Crippen LogP contribution is -2.46. The molecule has 7 heteroatoms. The normalized spacial score (nSPS) is 26.4. The van der Waals surface area contributed by atoms with Crippen molar-refractivity contribution >= 4 is 17.7 Å². The Kier molecular flexibility index (Phi) is 5.73. The van der Waals surface area contributed by atoms with Crippen LogP contribution in [-0.4, -0.2) is 47.9 Å². The van der Waals surface area contributed by atoms with Crippen molar-refractivity contribution in [1.82, 2.24) is 10.2 Å². The molecule has 2 aliphatic rings. The number of carbonyl (C=O) groups excluding carboxylic acids is 2. The third kappa shape index (κ3) is 3.86. The van der Waals surface area contributed by atoms with E-state index in [1.165, 1.54) is 6.20 Å². The molecule has 1 atom stereocenters. The van der Waals surface area contributed by atoms with E-state index in [2.05, 4.69) is 17.1 Å². The molecule has 7 nitrogen and oxygen atoms in total. The van der Waals surface area contributed by atoms with Crippen molar-refractivity contribution in [3.63, 3.8) is 0 Å². The molecule has 1 aliphatic carbocycles. The number of aromatic amines is 1. The number of rotatable bonds is 5. The first-order chi connectivity index (χ1) is 12.1. The number of H-pyrrole nitrogens is 1. The van der Waals surface area contributed by atoms with Crippen LogP contribution in [0.15, 0.2) is 6.20 Å². The largest absolute Gasteiger partial charge is 0.462 e. The van der Waals surface area contributed by atoms with Crippen LogP contribution in [0.3, 0.4) is 0 Å². The molecule has 1 aromatic heterocycles. The molecule has 1 amide bonds. The lowest BCUT2D eigenvalue weighted by Gasteiger charge is -2.33. The Labute approximate surface area is 148 Å². The van der Waals surface area contributed by atoms with E-state index in [9.17, 15) is 9.59 Å². The number of aromatic nitrogens is 2. The van der Waals surface area contributed by atoms with Crippen molar-refractivity contribution in [2.24, 2.45) is 11.8 Å². The van der Waals surface area contributed by atoms with E-state index >= 15 is 0 Å². The summed E-state index contributed by atoms with van der Waals surface area (Å²) in [5.74, 6) is 0.634. The van der Waals surface area contributed by atoms with Crippen LogP contribution in [0.4, 0.5) is 5.82 Å². The van der Waals surface area contributed by atoms with Gasteiger partial charge < -0.3 is 9.47 Å². The number of nitrogens with one attached hydrogen (secondary N) is 1. The minimum Gasteiger partial charge on any atom is -0.462 e. The zero-order valence-corrected chi connectivity index (χ0v) is 15.0. The van der Waals surface area contributed by atoms with Crippen LogP contribution < -0.4 is 4.90 Å². The van der Waals surface area contributed by atoms with Gasteiger partial charge in [-0.1, -0.05) is 6.92 Å². The number of anilines is 1. The SMILES string of the molecule is CCOC(=O)c1c[nH]nc1N(C(=O)[C@H]1CC[C@H](C)CC1)C1CCOC1. The number of esters is 1. The van der Waals surface area contributed by atoms with Crippen LogP contribution in [0.2, 0.25) is 0 Å². The first-order valence-electron chi connectivity index (χ1n) is 9.23. The molecule has 0 aromatic carbocycles. The molecule has 0 spiro atoms. The molecule has 25 heavy (non-hydrogen) atoms. The van der Waals surface area contributed by atoms with Gasteiger partial charge in [-0.25, -0.2) is 4.79 Å². The molecule has 3 rings (SSSR count). The average Bonchev–Trinajstić information content (AvgIpc) is 3.28. The van der Waals surface area contributed by atoms with Crippen molar-refractivity contribution in [3.8, 4) is 0 Å². The van der Waals surface area contributed by atoms with Crippen LogP contribution in [0.25, 0.3) is 0 Å². The van der Waals surface area contributed by atoms with Gasteiger partial charge in [0.15, 0.2) is 5.82 Å². The van der Waals surface area contributed by atoms with Gasteiger partial charge in [0.25, 0.3) is 0 Å². The summed E-state index contributed by atoms with van der Waals surface area (Å²) in [7, 11) is 0. The quantitative estimate of drug-likeness (QED) is 0.826. The summed E-state index contributed by atoms with van der Waals surface area (Å²) in [5.41, 5.74) is 0.311. The summed E-state index contributed by atoms with van der Waals surface area (Å²) in [5, 5.41) is 6.94. The highest BCUT2D eigenvalue weighted by molar-refractivity contribution is 6.02. The topological polar surface area (TPSA) is 84.5 Å². The monoisotopic (exact) mass is 349 g/mol. The number of ether oxygens (including phenoxy) is 2. The summed E-state index contributed by atoms with van der Waals surface area (Å²) < 4.78 is 10.6. The zero-order valence-electron chi connectivity index (χ0n) is 15.0. The van der Waals surface area contributed by atoms with Crippen LogP contribution >= 0.6 is 0 Å². The fourth-order valence-electron chi connectivity index (χ4n) is 3.71. The Bertz CT molecular complexity index is 601. The second-order valence-electron chi connectivity index (χ2n) is 7.03. The lowest BCUT2D eigenvalue weighted by atomic mass is 9.82. The number of amides is 1.